The van der Waals surface area contributed by atoms with Crippen LogP contribution in [0.25, 0.3) is 10.6 Å². The Hall–Kier alpha value is -2.81. The molecule has 2 aliphatic rings. The molecule has 0 spiro atoms. The smallest absolute Gasteiger partial charge is 0.242 e. The van der Waals surface area contributed by atoms with Crippen molar-refractivity contribution in [2.45, 2.75) is 31.6 Å². The summed E-state index contributed by atoms with van der Waals surface area (Å²) in [6, 6.07) is 7.72. The fraction of sp³-hybridized carbons (Fsp3) is 0.450. The molecule has 4 rings (SSSR count). The van der Waals surface area contributed by atoms with Crippen LogP contribution in [0.5, 0.6) is 5.75 Å². The van der Waals surface area contributed by atoms with E-state index in [4.69, 9.17) is 4.74 Å². The van der Waals surface area contributed by atoms with Gasteiger partial charge in [-0.25, -0.2) is 0 Å². The van der Waals surface area contributed by atoms with Crippen LogP contribution in [-0.2, 0) is 14.4 Å². The number of benzene rings is 1. The summed E-state index contributed by atoms with van der Waals surface area (Å²) in [5, 5.41) is 10.5. The number of likely N-dealkylation sites (tertiary alicyclic amines) is 2. The normalized spacial score (nSPS) is 17.8. The summed E-state index contributed by atoms with van der Waals surface area (Å²) < 4.78 is 5.41. The summed E-state index contributed by atoms with van der Waals surface area (Å²) in [5.74, 6) is 0.336. The number of carbonyl (C=O) groups excluding carboxylic acids is 3. The summed E-state index contributed by atoms with van der Waals surface area (Å²) in [4.78, 5) is 38.7. The Kier molecular flexibility index (Phi) is 5.57. The number of para-hydroxylation sites is 1. The van der Waals surface area contributed by atoms with E-state index in [1.54, 1.807) is 23.3 Å². The van der Waals surface area contributed by atoms with E-state index in [1.807, 2.05) is 24.3 Å². The summed E-state index contributed by atoms with van der Waals surface area (Å²) >= 11 is 1.56. The molecule has 1 aromatic carbocycles. The Balaban J connectivity index is 1.36. The molecule has 0 saturated carbocycles. The van der Waals surface area contributed by atoms with Gasteiger partial charge in [0.05, 0.1) is 12.7 Å². The van der Waals surface area contributed by atoms with E-state index in [1.165, 1.54) is 0 Å². The molecule has 0 bridgehead atoms. The first-order chi connectivity index (χ1) is 14.1. The molecular weight excluding hydrogens is 392 g/mol. The third-order valence-corrected chi connectivity index (χ3v) is 6.54. The molecule has 0 unspecified atom stereocenters. The number of hydrogen-bond donors (Lipinski definition) is 0. The van der Waals surface area contributed by atoms with E-state index >= 15 is 0 Å². The van der Waals surface area contributed by atoms with Crippen molar-refractivity contribution in [1.29, 1.82) is 0 Å². The molecule has 1 aromatic heterocycles. The number of amides is 3. The van der Waals surface area contributed by atoms with Gasteiger partial charge < -0.3 is 9.64 Å². The van der Waals surface area contributed by atoms with Gasteiger partial charge in [0, 0.05) is 31.8 Å². The fourth-order valence-corrected chi connectivity index (χ4v) is 4.78. The number of imide groups is 1. The molecule has 0 radical (unpaired) electrons. The predicted molar refractivity (Wildman–Crippen MR) is 106 cm³/mol. The summed E-state index contributed by atoms with van der Waals surface area (Å²) in [6.45, 7) is 1.03. The molecule has 152 valence electrons. The van der Waals surface area contributed by atoms with Crippen molar-refractivity contribution in [1.82, 2.24) is 20.0 Å². The van der Waals surface area contributed by atoms with E-state index in [-0.39, 0.29) is 43.0 Å². The predicted octanol–water partition coefficient (Wildman–Crippen LogP) is 2.07. The highest BCUT2D eigenvalue weighted by Crippen LogP contribution is 2.36. The van der Waals surface area contributed by atoms with Gasteiger partial charge in [-0.15, -0.1) is 10.2 Å². The average molecular weight is 414 g/mol. The molecule has 29 heavy (non-hydrogen) atoms. The number of rotatable bonds is 5. The van der Waals surface area contributed by atoms with Crippen LogP contribution in [0.3, 0.4) is 0 Å². The molecule has 2 saturated heterocycles. The van der Waals surface area contributed by atoms with Gasteiger partial charge in [0.2, 0.25) is 17.7 Å². The van der Waals surface area contributed by atoms with E-state index < -0.39 is 0 Å². The van der Waals surface area contributed by atoms with E-state index in [0.29, 0.717) is 13.1 Å². The standard InChI is InChI=1S/C20H22N4O4S/c1-28-15-5-3-2-4-14(15)20-22-21-19(29-20)13-8-10-23(11-9-13)18(27)12-24-16(25)6-7-17(24)26/h2-5,13H,6-12H2,1H3. The molecule has 0 aliphatic carbocycles. The lowest BCUT2D eigenvalue weighted by molar-refractivity contribution is -0.145. The molecule has 2 aromatic rings. The van der Waals surface area contributed by atoms with Crippen LogP contribution in [0.15, 0.2) is 24.3 Å². The Bertz CT molecular complexity index is 920. The minimum absolute atomic E-state index is 0.140. The lowest BCUT2D eigenvalue weighted by Crippen LogP contribution is -2.45. The number of ether oxygens (including phenoxy) is 1. The fourth-order valence-electron chi connectivity index (χ4n) is 3.74. The number of methoxy groups -OCH3 is 1. The topological polar surface area (TPSA) is 92.7 Å². The van der Waals surface area contributed by atoms with Crippen molar-refractivity contribution >= 4 is 29.1 Å². The lowest BCUT2D eigenvalue weighted by atomic mass is 9.97. The van der Waals surface area contributed by atoms with Gasteiger partial charge in [0.1, 0.15) is 17.3 Å². The van der Waals surface area contributed by atoms with Crippen molar-refractivity contribution in [2.24, 2.45) is 0 Å². The van der Waals surface area contributed by atoms with Crippen LogP contribution in [-0.4, -0.2) is 64.5 Å². The Morgan fingerprint density at radius 1 is 1.14 bits per heavy atom. The number of aromatic nitrogens is 2. The van der Waals surface area contributed by atoms with Crippen LogP contribution in [0.1, 0.15) is 36.6 Å². The van der Waals surface area contributed by atoms with Gasteiger partial charge in [-0.1, -0.05) is 23.5 Å². The van der Waals surface area contributed by atoms with Crippen LogP contribution in [0, 0.1) is 0 Å². The number of carbonyl (C=O) groups is 3. The summed E-state index contributed by atoms with van der Waals surface area (Å²) in [6.07, 6.45) is 1.99. The van der Waals surface area contributed by atoms with Crippen molar-refractivity contribution < 1.29 is 19.1 Å². The van der Waals surface area contributed by atoms with Crippen LogP contribution < -0.4 is 4.74 Å². The molecule has 0 atom stereocenters. The number of hydrogen-bond acceptors (Lipinski definition) is 7. The molecular formula is C20H22N4O4S. The van der Waals surface area contributed by atoms with Gasteiger partial charge in [0.25, 0.3) is 0 Å². The SMILES string of the molecule is COc1ccccc1-c1nnc(C2CCN(C(=O)CN3C(=O)CCC3=O)CC2)s1. The zero-order chi connectivity index (χ0) is 20.4. The van der Waals surface area contributed by atoms with E-state index in [0.717, 1.165) is 39.1 Å². The number of piperidine rings is 1. The van der Waals surface area contributed by atoms with Gasteiger partial charge >= 0.3 is 0 Å². The second kappa shape index (κ2) is 8.28. The van der Waals surface area contributed by atoms with Crippen LogP contribution >= 0.6 is 11.3 Å². The van der Waals surface area contributed by atoms with E-state index in [9.17, 15) is 14.4 Å². The third kappa shape index (κ3) is 4.00. The maximum atomic E-state index is 12.5. The average Bonchev–Trinajstić information content (AvgIpc) is 3.36. The molecule has 9 heteroatoms. The van der Waals surface area contributed by atoms with Gasteiger partial charge in [-0.3, -0.25) is 19.3 Å². The second-order valence-electron chi connectivity index (χ2n) is 7.17. The largest absolute Gasteiger partial charge is 0.496 e. The molecule has 0 N–H and O–H groups in total. The molecule has 3 amide bonds. The van der Waals surface area contributed by atoms with Crippen molar-refractivity contribution in [3.63, 3.8) is 0 Å². The third-order valence-electron chi connectivity index (χ3n) is 5.42. The van der Waals surface area contributed by atoms with Gasteiger partial charge in [-0.05, 0) is 25.0 Å². The minimum Gasteiger partial charge on any atom is -0.496 e. The minimum atomic E-state index is -0.254. The van der Waals surface area contributed by atoms with E-state index in [2.05, 4.69) is 10.2 Å². The molecule has 2 fully saturated rings. The maximum Gasteiger partial charge on any atom is 0.242 e. The quantitative estimate of drug-likeness (QED) is 0.696. The summed E-state index contributed by atoms with van der Waals surface area (Å²) in [5.41, 5.74) is 0.923. The van der Waals surface area contributed by atoms with Crippen molar-refractivity contribution in [3.8, 4) is 16.3 Å². The monoisotopic (exact) mass is 414 g/mol. The zero-order valence-corrected chi connectivity index (χ0v) is 17.0. The van der Waals surface area contributed by atoms with Crippen LogP contribution in [0.2, 0.25) is 0 Å². The second-order valence-corrected chi connectivity index (χ2v) is 8.18. The Labute approximate surface area is 172 Å². The highest BCUT2D eigenvalue weighted by Gasteiger charge is 2.33. The maximum absolute atomic E-state index is 12.5. The van der Waals surface area contributed by atoms with Crippen molar-refractivity contribution in [2.75, 3.05) is 26.7 Å². The highest BCUT2D eigenvalue weighted by molar-refractivity contribution is 7.14. The highest BCUT2D eigenvalue weighted by atomic mass is 32.1. The molecule has 2 aliphatic heterocycles. The lowest BCUT2D eigenvalue weighted by Gasteiger charge is -2.31. The molecule has 3 heterocycles. The Morgan fingerprint density at radius 3 is 2.52 bits per heavy atom. The molecule has 8 nitrogen and oxygen atoms in total. The first kappa shape index (κ1) is 19.5. The summed E-state index contributed by atoms with van der Waals surface area (Å²) in [7, 11) is 1.64. The van der Waals surface area contributed by atoms with Gasteiger partial charge in [-0.2, -0.15) is 0 Å². The first-order valence-electron chi connectivity index (χ1n) is 9.64. The first-order valence-corrected chi connectivity index (χ1v) is 10.5. The Morgan fingerprint density at radius 2 is 1.83 bits per heavy atom. The zero-order valence-electron chi connectivity index (χ0n) is 16.2. The van der Waals surface area contributed by atoms with Crippen molar-refractivity contribution in [3.05, 3.63) is 29.3 Å². The van der Waals surface area contributed by atoms with Crippen LogP contribution in [0.4, 0.5) is 0 Å². The van der Waals surface area contributed by atoms with Gasteiger partial charge in [0.15, 0.2) is 5.01 Å². The number of nitrogens with zero attached hydrogens (tertiary/aromatic N) is 4.